The SMILES string of the molecule is CC1CC(C)CN(CC2CCN(C(=O)Nc3cc(F)ccc3F)CC2)C1. The summed E-state index contributed by atoms with van der Waals surface area (Å²) in [4.78, 5) is 16.6. The molecule has 0 spiro atoms. The Morgan fingerprint density at radius 1 is 1.15 bits per heavy atom. The van der Waals surface area contributed by atoms with Crippen molar-refractivity contribution in [3.63, 3.8) is 0 Å². The van der Waals surface area contributed by atoms with Crippen LogP contribution in [0.15, 0.2) is 18.2 Å². The molecule has 2 unspecified atom stereocenters. The summed E-state index contributed by atoms with van der Waals surface area (Å²) in [5.74, 6) is 0.924. The largest absolute Gasteiger partial charge is 0.325 e. The first kappa shape index (κ1) is 19.1. The third-order valence-electron chi connectivity index (χ3n) is 5.53. The molecule has 0 radical (unpaired) electrons. The lowest BCUT2D eigenvalue weighted by Gasteiger charge is -2.39. The van der Waals surface area contributed by atoms with Crippen molar-refractivity contribution >= 4 is 11.7 Å². The second-order valence-electron chi connectivity index (χ2n) is 8.15. The van der Waals surface area contributed by atoms with Crippen molar-refractivity contribution in [2.75, 3.05) is 38.0 Å². The molecule has 0 aliphatic carbocycles. The van der Waals surface area contributed by atoms with E-state index in [1.807, 2.05) is 0 Å². The summed E-state index contributed by atoms with van der Waals surface area (Å²) in [7, 11) is 0. The van der Waals surface area contributed by atoms with Crippen LogP contribution in [-0.2, 0) is 0 Å². The van der Waals surface area contributed by atoms with Crippen molar-refractivity contribution in [1.82, 2.24) is 9.80 Å². The van der Waals surface area contributed by atoms with Crippen molar-refractivity contribution in [2.24, 2.45) is 17.8 Å². The number of benzene rings is 1. The number of amides is 2. The molecular formula is C20H29F2N3O. The number of carbonyl (C=O) groups excluding carboxylic acids is 1. The van der Waals surface area contributed by atoms with E-state index in [2.05, 4.69) is 24.1 Å². The number of likely N-dealkylation sites (tertiary alicyclic amines) is 2. The quantitative estimate of drug-likeness (QED) is 0.872. The van der Waals surface area contributed by atoms with Crippen LogP contribution in [0.2, 0.25) is 0 Å². The van der Waals surface area contributed by atoms with Crippen LogP contribution < -0.4 is 5.32 Å². The van der Waals surface area contributed by atoms with Crippen LogP contribution in [0.4, 0.5) is 19.3 Å². The van der Waals surface area contributed by atoms with Crippen molar-refractivity contribution in [1.29, 1.82) is 0 Å². The van der Waals surface area contributed by atoms with E-state index in [1.54, 1.807) is 4.90 Å². The molecule has 0 saturated carbocycles. The van der Waals surface area contributed by atoms with Crippen molar-refractivity contribution < 1.29 is 13.6 Å². The molecule has 1 N–H and O–H groups in total. The van der Waals surface area contributed by atoms with E-state index in [4.69, 9.17) is 0 Å². The Bertz CT molecular complexity index is 621. The number of hydrogen-bond acceptors (Lipinski definition) is 2. The minimum absolute atomic E-state index is 0.103. The summed E-state index contributed by atoms with van der Waals surface area (Å²) < 4.78 is 26.9. The van der Waals surface area contributed by atoms with Gasteiger partial charge in [0.15, 0.2) is 0 Å². The Hall–Kier alpha value is -1.69. The Balaban J connectivity index is 1.47. The Kier molecular flexibility index (Phi) is 6.12. The molecule has 2 fully saturated rings. The lowest BCUT2D eigenvalue weighted by atomic mass is 9.89. The average Bonchev–Trinajstić information content (AvgIpc) is 2.58. The molecule has 2 amide bonds. The predicted molar refractivity (Wildman–Crippen MR) is 99.1 cm³/mol. The third-order valence-corrected chi connectivity index (χ3v) is 5.53. The van der Waals surface area contributed by atoms with Crippen LogP contribution in [0.1, 0.15) is 33.1 Å². The predicted octanol–water partition coefficient (Wildman–Crippen LogP) is 4.19. The molecule has 144 valence electrons. The van der Waals surface area contributed by atoms with Gasteiger partial charge in [-0.3, -0.25) is 0 Å². The number of rotatable bonds is 3. The van der Waals surface area contributed by atoms with Gasteiger partial charge in [-0.05, 0) is 49.1 Å². The molecule has 1 aromatic carbocycles. The highest BCUT2D eigenvalue weighted by molar-refractivity contribution is 5.89. The first-order chi connectivity index (χ1) is 12.4. The number of nitrogens with zero attached hydrogens (tertiary/aromatic N) is 2. The molecule has 0 aromatic heterocycles. The van der Waals surface area contributed by atoms with Gasteiger partial charge in [-0.25, -0.2) is 13.6 Å². The van der Waals surface area contributed by atoms with E-state index >= 15 is 0 Å². The first-order valence-corrected chi connectivity index (χ1v) is 9.64. The molecule has 0 bridgehead atoms. The standard InChI is InChI=1S/C20H29F2N3O/c1-14-9-15(2)12-24(11-14)13-16-5-7-25(8-6-16)20(26)23-19-10-17(21)3-4-18(19)22/h3-4,10,14-16H,5-9,11-13H2,1-2H3,(H,23,26). The smallest absolute Gasteiger partial charge is 0.321 e. The highest BCUT2D eigenvalue weighted by atomic mass is 19.1. The van der Waals surface area contributed by atoms with E-state index in [0.717, 1.165) is 49.4 Å². The fourth-order valence-electron chi connectivity index (χ4n) is 4.41. The van der Waals surface area contributed by atoms with E-state index < -0.39 is 11.6 Å². The molecule has 2 aliphatic rings. The molecule has 6 heteroatoms. The van der Waals surface area contributed by atoms with Gasteiger partial charge >= 0.3 is 6.03 Å². The highest BCUT2D eigenvalue weighted by Gasteiger charge is 2.27. The molecule has 26 heavy (non-hydrogen) atoms. The van der Waals surface area contributed by atoms with Gasteiger partial charge in [-0.1, -0.05) is 13.8 Å². The Labute approximate surface area is 154 Å². The second-order valence-corrected chi connectivity index (χ2v) is 8.15. The zero-order valence-corrected chi connectivity index (χ0v) is 15.7. The highest BCUT2D eigenvalue weighted by Crippen LogP contribution is 2.25. The van der Waals surface area contributed by atoms with Crippen LogP contribution in [-0.4, -0.2) is 48.6 Å². The summed E-state index contributed by atoms with van der Waals surface area (Å²) in [6.07, 6.45) is 3.22. The Morgan fingerprint density at radius 2 is 1.81 bits per heavy atom. The topological polar surface area (TPSA) is 35.6 Å². The number of hydrogen-bond donors (Lipinski definition) is 1. The summed E-state index contributed by atoms with van der Waals surface area (Å²) in [6, 6.07) is 2.73. The van der Waals surface area contributed by atoms with E-state index in [0.29, 0.717) is 19.0 Å². The van der Waals surface area contributed by atoms with Crippen molar-refractivity contribution in [2.45, 2.75) is 33.1 Å². The monoisotopic (exact) mass is 365 g/mol. The third kappa shape index (κ3) is 4.93. The summed E-state index contributed by atoms with van der Waals surface area (Å²) in [5, 5.41) is 2.49. The molecule has 2 aliphatic heterocycles. The maximum Gasteiger partial charge on any atom is 0.321 e. The maximum atomic E-state index is 13.7. The fraction of sp³-hybridized carbons (Fsp3) is 0.650. The molecule has 1 aromatic rings. The van der Waals surface area contributed by atoms with Crippen LogP contribution in [0.25, 0.3) is 0 Å². The first-order valence-electron chi connectivity index (χ1n) is 9.64. The molecule has 4 nitrogen and oxygen atoms in total. The molecule has 2 heterocycles. The van der Waals surface area contributed by atoms with E-state index in [9.17, 15) is 13.6 Å². The van der Waals surface area contributed by atoms with Gasteiger partial charge in [0, 0.05) is 38.8 Å². The number of urea groups is 1. The van der Waals surface area contributed by atoms with Crippen LogP contribution >= 0.6 is 0 Å². The van der Waals surface area contributed by atoms with Gasteiger partial charge < -0.3 is 15.1 Å². The zero-order valence-electron chi connectivity index (χ0n) is 15.7. The zero-order chi connectivity index (χ0) is 18.7. The van der Waals surface area contributed by atoms with E-state index in [1.165, 1.54) is 19.5 Å². The van der Waals surface area contributed by atoms with Gasteiger partial charge in [0.05, 0.1) is 5.69 Å². The minimum Gasteiger partial charge on any atom is -0.325 e. The Morgan fingerprint density at radius 3 is 2.46 bits per heavy atom. The van der Waals surface area contributed by atoms with Gasteiger partial charge in [-0.2, -0.15) is 0 Å². The number of anilines is 1. The summed E-state index contributed by atoms with van der Waals surface area (Å²) in [6.45, 7) is 9.40. The van der Waals surface area contributed by atoms with Gasteiger partial charge in [0.1, 0.15) is 11.6 Å². The van der Waals surface area contributed by atoms with E-state index in [-0.39, 0.29) is 11.7 Å². The number of piperidine rings is 2. The van der Waals surface area contributed by atoms with Crippen LogP contribution in [0.3, 0.4) is 0 Å². The molecular weight excluding hydrogens is 336 g/mol. The normalized spacial score (nSPS) is 25.3. The summed E-state index contributed by atoms with van der Waals surface area (Å²) in [5.41, 5.74) is -0.103. The average molecular weight is 365 g/mol. The van der Waals surface area contributed by atoms with Crippen LogP contribution in [0.5, 0.6) is 0 Å². The number of carbonyl (C=O) groups is 1. The van der Waals surface area contributed by atoms with Crippen molar-refractivity contribution in [3.05, 3.63) is 29.8 Å². The van der Waals surface area contributed by atoms with Crippen molar-refractivity contribution in [3.8, 4) is 0 Å². The minimum atomic E-state index is -0.622. The molecule has 2 saturated heterocycles. The number of halogens is 2. The van der Waals surface area contributed by atoms with Crippen LogP contribution in [0, 0.1) is 29.4 Å². The maximum absolute atomic E-state index is 13.7. The van der Waals surface area contributed by atoms with Gasteiger partial charge in [0.2, 0.25) is 0 Å². The van der Waals surface area contributed by atoms with Gasteiger partial charge in [0.25, 0.3) is 0 Å². The lowest BCUT2D eigenvalue weighted by Crippen LogP contribution is -2.46. The van der Waals surface area contributed by atoms with Gasteiger partial charge in [-0.15, -0.1) is 0 Å². The fourth-order valence-corrected chi connectivity index (χ4v) is 4.41. The second kappa shape index (κ2) is 8.33. The molecule has 3 rings (SSSR count). The lowest BCUT2D eigenvalue weighted by molar-refractivity contribution is 0.101. The molecule has 2 atom stereocenters. The summed E-state index contributed by atoms with van der Waals surface area (Å²) >= 11 is 0. The number of nitrogens with one attached hydrogen (secondary N) is 1.